The summed E-state index contributed by atoms with van der Waals surface area (Å²) in [4.78, 5) is 27.2. The molecule has 0 radical (unpaired) electrons. The molecule has 2 aromatic rings. The van der Waals surface area contributed by atoms with Gasteiger partial charge in [0.2, 0.25) is 5.91 Å². The van der Waals surface area contributed by atoms with Crippen molar-refractivity contribution >= 4 is 17.3 Å². The van der Waals surface area contributed by atoms with E-state index in [0.717, 1.165) is 16.8 Å². The van der Waals surface area contributed by atoms with Crippen LogP contribution in [0.5, 0.6) is 0 Å². The van der Waals surface area contributed by atoms with Crippen LogP contribution >= 0.6 is 0 Å². The highest BCUT2D eigenvalue weighted by molar-refractivity contribution is 6.10. The average Bonchev–Trinajstić information content (AvgIpc) is 3.31. The Bertz CT molecular complexity index is 930. The first-order valence-electron chi connectivity index (χ1n) is 9.90. The van der Waals surface area contributed by atoms with Crippen molar-refractivity contribution in [2.75, 3.05) is 6.54 Å². The molecule has 1 atom stereocenters. The van der Waals surface area contributed by atoms with Gasteiger partial charge in [0.05, 0.1) is 37.0 Å². The van der Waals surface area contributed by atoms with E-state index in [0.29, 0.717) is 50.2 Å². The number of aliphatic hydroxyl groups excluding tert-OH is 1. The number of carbonyl (C=O) groups excluding carboxylic acids is 2. The van der Waals surface area contributed by atoms with Gasteiger partial charge in [-0.2, -0.15) is 5.10 Å². The zero-order chi connectivity index (χ0) is 19.7. The summed E-state index contributed by atoms with van der Waals surface area (Å²) in [5.74, 6) is 0.0614. The van der Waals surface area contributed by atoms with Crippen molar-refractivity contribution < 1.29 is 14.7 Å². The molecule has 0 bridgehead atoms. The number of aliphatic hydroxyl groups is 1. The Balaban J connectivity index is 1.51. The van der Waals surface area contributed by atoms with Gasteiger partial charge in [-0.05, 0) is 30.0 Å². The summed E-state index contributed by atoms with van der Waals surface area (Å²) < 4.78 is 1.87. The minimum Gasteiger partial charge on any atom is -0.387 e. The summed E-state index contributed by atoms with van der Waals surface area (Å²) in [6.45, 7) is 3.55. The highest BCUT2D eigenvalue weighted by atomic mass is 16.3. The van der Waals surface area contributed by atoms with Gasteiger partial charge >= 0.3 is 0 Å². The number of aromatic nitrogens is 2. The van der Waals surface area contributed by atoms with Gasteiger partial charge < -0.3 is 10.0 Å². The lowest BCUT2D eigenvalue weighted by Gasteiger charge is -2.28. The second-order valence-electron chi connectivity index (χ2n) is 7.45. The number of allylic oxidation sites excluding steroid dienone is 1. The van der Waals surface area contributed by atoms with Crippen LogP contribution in [0, 0.1) is 0 Å². The maximum Gasteiger partial charge on any atom is 0.227 e. The van der Waals surface area contributed by atoms with Crippen LogP contribution in [0.2, 0.25) is 0 Å². The molecular formula is C22H25N3O3. The van der Waals surface area contributed by atoms with Crippen molar-refractivity contribution in [3.05, 3.63) is 58.9 Å². The third kappa shape index (κ3) is 3.52. The van der Waals surface area contributed by atoms with Crippen LogP contribution in [0.25, 0.3) is 5.57 Å². The number of rotatable bonds is 5. The van der Waals surface area contributed by atoms with Gasteiger partial charge in [-0.15, -0.1) is 0 Å². The summed E-state index contributed by atoms with van der Waals surface area (Å²) in [5, 5.41) is 14.5. The third-order valence-electron chi connectivity index (χ3n) is 5.65. The fourth-order valence-electron chi connectivity index (χ4n) is 4.01. The van der Waals surface area contributed by atoms with E-state index in [1.807, 2.05) is 48.0 Å². The molecule has 2 aliphatic rings. The Kier molecular flexibility index (Phi) is 5.13. The molecule has 1 aliphatic carbocycles. The maximum absolute atomic E-state index is 12.9. The van der Waals surface area contributed by atoms with Crippen molar-refractivity contribution in [2.45, 2.75) is 51.8 Å². The second-order valence-corrected chi connectivity index (χ2v) is 7.45. The quantitative estimate of drug-likeness (QED) is 0.867. The summed E-state index contributed by atoms with van der Waals surface area (Å²) >= 11 is 0. The minimum atomic E-state index is -0.572. The lowest BCUT2D eigenvalue weighted by Crippen LogP contribution is -2.38. The number of nitrogens with zero attached hydrogens (tertiary/aromatic N) is 3. The van der Waals surface area contributed by atoms with Gasteiger partial charge in [0, 0.05) is 18.5 Å². The lowest BCUT2D eigenvalue weighted by atomic mass is 9.99. The van der Waals surface area contributed by atoms with Gasteiger partial charge in [0.15, 0.2) is 5.78 Å². The number of benzene rings is 1. The third-order valence-corrected chi connectivity index (χ3v) is 5.65. The van der Waals surface area contributed by atoms with Crippen molar-refractivity contribution in [1.29, 1.82) is 0 Å². The largest absolute Gasteiger partial charge is 0.387 e. The van der Waals surface area contributed by atoms with E-state index in [1.165, 1.54) is 0 Å². The summed E-state index contributed by atoms with van der Waals surface area (Å²) in [6, 6.07) is 11.7. The predicted octanol–water partition coefficient (Wildman–Crippen LogP) is 2.88. The van der Waals surface area contributed by atoms with Crippen molar-refractivity contribution in [1.82, 2.24) is 14.7 Å². The molecule has 1 aromatic carbocycles. The molecule has 4 rings (SSSR count). The molecule has 1 N–H and O–H groups in total. The Morgan fingerprint density at radius 1 is 1.21 bits per heavy atom. The standard InChI is InChI=1S/C22H25N3O3/c1-2-20(26)19-12-16-14-24(10-11-25(16)23-19)22(28)13-18-17(8-9-21(18)27)15-6-4-3-5-7-15/h3-7,12,20,26H,2,8-11,13-14H2,1H3/t20-/m0/s1. The molecule has 0 saturated carbocycles. The van der Waals surface area contributed by atoms with E-state index >= 15 is 0 Å². The zero-order valence-corrected chi connectivity index (χ0v) is 16.1. The molecule has 2 heterocycles. The van der Waals surface area contributed by atoms with E-state index in [-0.39, 0.29) is 18.1 Å². The smallest absolute Gasteiger partial charge is 0.227 e. The molecular weight excluding hydrogens is 354 g/mol. The Hall–Kier alpha value is -2.73. The van der Waals surface area contributed by atoms with Crippen LogP contribution in [0.4, 0.5) is 0 Å². The minimum absolute atomic E-state index is 0.0243. The summed E-state index contributed by atoms with van der Waals surface area (Å²) in [5.41, 5.74) is 4.29. The van der Waals surface area contributed by atoms with E-state index in [4.69, 9.17) is 0 Å². The summed E-state index contributed by atoms with van der Waals surface area (Å²) in [6.07, 6.45) is 1.38. The van der Waals surface area contributed by atoms with Gasteiger partial charge in [-0.25, -0.2) is 0 Å². The van der Waals surface area contributed by atoms with Crippen molar-refractivity contribution in [3.8, 4) is 0 Å². The molecule has 0 spiro atoms. The number of carbonyl (C=O) groups is 2. The summed E-state index contributed by atoms with van der Waals surface area (Å²) in [7, 11) is 0. The Morgan fingerprint density at radius 2 is 2.00 bits per heavy atom. The molecule has 6 heteroatoms. The normalized spacial score (nSPS) is 17.8. The molecule has 6 nitrogen and oxygen atoms in total. The van der Waals surface area contributed by atoms with E-state index in [9.17, 15) is 14.7 Å². The highest BCUT2D eigenvalue weighted by Gasteiger charge is 2.29. The Labute approximate surface area is 164 Å². The van der Waals surface area contributed by atoms with Gasteiger partial charge in [-0.1, -0.05) is 37.3 Å². The number of amides is 1. The molecule has 146 valence electrons. The molecule has 0 fully saturated rings. The number of ketones is 1. The van der Waals surface area contributed by atoms with Crippen LogP contribution in [0.15, 0.2) is 42.0 Å². The topological polar surface area (TPSA) is 75.4 Å². The molecule has 1 aromatic heterocycles. The fourth-order valence-corrected chi connectivity index (χ4v) is 4.01. The SMILES string of the molecule is CC[C@H](O)c1cc2n(n1)CCN(C(=O)CC1=C(c3ccccc3)CCC1=O)C2. The van der Waals surface area contributed by atoms with Crippen molar-refractivity contribution in [2.24, 2.45) is 0 Å². The molecule has 1 aliphatic heterocycles. The molecule has 1 amide bonds. The number of hydrogen-bond donors (Lipinski definition) is 1. The second kappa shape index (κ2) is 7.72. The zero-order valence-electron chi connectivity index (χ0n) is 16.1. The first-order chi connectivity index (χ1) is 13.6. The predicted molar refractivity (Wildman–Crippen MR) is 105 cm³/mol. The van der Waals surface area contributed by atoms with Gasteiger partial charge in [0.1, 0.15) is 0 Å². The number of fused-ring (bicyclic) bond motifs is 1. The first kappa shape index (κ1) is 18.6. The highest BCUT2D eigenvalue weighted by Crippen LogP contribution is 2.34. The van der Waals surface area contributed by atoms with E-state index in [1.54, 1.807) is 4.90 Å². The lowest BCUT2D eigenvalue weighted by molar-refractivity contribution is -0.132. The van der Waals surface area contributed by atoms with E-state index in [2.05, 4.69) is 5.10 Å². The Morgan fingerprint density at radius 3 is 2.75 bits per heavy atom. The van der Waals surface area contributed by atoms with Crippen LogP contribution in [-0.2, 0) is 22.7 Å². The van der Waals surface area contributed by atoms with Gasteiger partial charge in [0.25, 0.3) is 0 Å². The van der Waals surface area contributed by atoms with E-state index < -0.39 is 6.10 Å². The van der Waals surface area contributed by atoms with Crippen LogP contribution in [0.1, 0.15) is 55.7 Å². The van der Waals surface area contributed by atoms with Crippen LogP contribution in [0.3, 0.4) is 0 Å². The maximum atomic E-state index is 12.9. The molecule has 0 unspecified atom stereocenters. The first-order valence-corrected chi connectivity index (χ1v) is 9.90. The van der Waals surface area contributed by atoms with Crippen LogP contribution in [-0.4, -0.2) is 38.0 Å². The average molecular weight is 379 g/mol. The van der Waals surface area contributed by atoms with Crippen LogP contribution < -0.4 is 0 Å². The number of Topliss-reactive ketones (excluding diaryl/α,β-unsaturated/α-hetero) is 1. The number of hydrogen-bond acceptors (Lipinski definition) is 4. The fraction of sp³-hybridized carbons (Fsp3) is 0.409. The molecule has 28 heavy (non-hydrogen) atoms. The molecule has 0 saturated heterocycles. The van der Waals surface area contributed by atoms with Gasteiger partial charge in [-0.3, -0.25) is 14.3 Å². The monoisotopic (exact) mass is 379 g/mol. The van der Waals surface area contributed by atoms with Crippen molar-refractivity contribution in [3.63, 3.8) is 0 Å².